The summed E-state index contributed by atoms with van der Waals surface area (Å²) in [6, 6.07) is 1.61. The summed E-state index contributed by atoms with van der Waals surface area (Å²) in [5.74, 6) is -0.0280. The van der Waals surface area contributed by atoms with E-state index in [0.29, 0.717) is 28.0 Å². The monoisotopic (exact) mass is 325 g/mol. The number of anilines is 1. The van der Waals surface area contributed by atoms with Crippen molar-refractivity contribution in [3.05, 3.63) is 28.5 Å². The molecule has 1 heterocycles. The van der Waals surface area contributed by atoms with Gasteiger partial charge in [-0.2, -0.15) is 0 Å². The Morgan fingerprint density at radius 1 is 1.27 bits per heavy atom. The predicted molar refractivity (Wildman–Crippen MR) is 84.8 cm³/mol. The molecule has 0 aliphatic heterocycles. The lowest BCUT2D eigenvalue weighted by atomic mass is 10.0. The van der Waals surface area contributed by atoms with E-state index < -0.39 is 16.0 Å². The second kappa shape index (κ2) is 5.64. The number of aryl methyl sites for hydroxylation is 2. The van der Waals surface area contributed by atoms with E-state index in [0.717, 1.165) is 17.4 Å². The van der Waals surface area contributed by atoms with Gasteiger partial charge < -0.3 is 9.15 Å². The number of fused-ring (bicyclic) bond motifs is 1. The van der Waals surface area contributed by atoms with Gasteiger partial charge in [0.1, 0.15) is 16.9 Å². The maximum Gasteiger partial charge on any atom is 0.342 e. The van der Waals surface area contributed by atoms with E-state index in [-0.39, 0.29) is 6.61 Å². The van der Waals surface area contributed by atoms with Crippen molar-refractivity contribution in [3.8, 4) is 0 Å². The molecule has 0 radical (unpaired) electrons. The number of rotatable bonds is 4. The van der Waals surface area contributed by atoms with Gasteiger partial charge in [-0.1, -0.05) is 0 Å². The summed E-state index contributed by atoms with van der Waals surface area (Å²) >= 11 is 0. The molecule has 1 aromatic carbocycles. The van der Waals surface area contributed by atoms with Gasteiger partial charge in [-0.25, -0.2) is 13.2 Å². The Balaban J connectivity index is 2.74. The Morgan fingerprint density at radius 3 is 2.45 bits per heavy atom. The summed E-state index contributed by atoms with van der Waals surface area (Å²) < 4.78 is 36.2. The van der Waals surface area contributed by atoms with Crippen molar-refractivity contribution in [3.63, 3.8) is 0 Å². The Kier molecular flexibility index (Phi) is 4.19. The maximum atomic E-state index is 12.1. The molecule has 0 fully saturated rings. The number of nitrogens with one attached hydrogen (secondary N) is 1. The van der Waals surface area contributed by atoms with Crippen LogP contribution in [0.2, 0.25) is 0 Å². The molecule has 22 heavy (non-hydrogen) atoms. The molecule has 2 aromatic rings. The standard InChI is InChI=1S/C15H19NO5S/c1-6-20-15(17)13-10(4)21-14-9(3)8(2)12(7-11(13)14)16-22(5,18)19/h7,16H,6H2,1-5H3. The molecule has 6 nitrogen and oxygen atoms in total. The minimum absolute atomic E-state index is 0.254. The molecular formula is C15H19NO5S. The lowest BCUT2D eigenvalue weighted by Crippen LogP contribution is -2.11. The molecule has 0 amide bonds. The minimum Gasteiger partial charge on any atom is -0.462 e. The summed E-state index contributed by atoms with van der Waals surface area (Å²) in [4.78, 5) is 12.1. The van der Waals surface area contributed by atoms with E-state index in [4.69, 9.17) is 9.15 Å². The quantitative estimate of drug-likeness (QED) is 0.874. The average Bonchev–Trinajstić information content (AvgIpc) is 2.71. The highest BCUT2D eigenvalue weighted by atomic mass is 32.2. The van der Waals surface area contributed by atoms with E-state index in [2.05, 4.69) is 4.72 Å². The number of benzene rings is 1. The van der Waals surface area contributed by atoms with Crippen LogP contribution in [0.1, 0.15) is 34.2 Å². The van der Waals surface area contributed by atoms with Gasteiger partial charge in [0, 0.05) is 5.39 Å². The molecule has 7 heteroatoms. The second-order valence-corrected chi connectivity index (χ2v) is 6.93. The van der Waals surface area contributed by atoms with Gasteiger partial charge in [0.05, 0.1) is 18.6 Å². The van der Waals surface area contributed by atoms with Crippen molar-refractivity contribution in [1.29, 1.82) is 0 Å². The first-order valence-corrected chi connectivity index (χ1v) is 8.73. The van der Waals surface area contributed by atoms with E-state index >= 15 is 0 Å². The Bertz CT molecular complexity index is 849. The van der Waals surface area contributed by atoms with Crippen LogP contribution in [-0.4, -0.2) is 27.2 Å². The third kappa shape index (κ3) is 2.94. The first-order valence-electron chi connectivity index (χ1n) is 6.84. The molecule has 0 unspecified atom stereocenters. The summed E-state index contributed by atoms with van der Waals surface area (Å²) in [5.41, 5.74) is 2.86. The van der Waals surface area contributed by atoms with Gasteiger partial charge in [-0.05, 0) is 44.9 Å². The highest BCUT2D eigenvalue weighted by Crippen LogP contribution is 2.34. The predicted octanol–water partition coefficient (Wildman–Crippen LogP) is 2.91. The van der Waals surface area contributed by atoms with Crippen molar-refractivity contribution < 1.29 is 22.4 Å². The van der Waals surface area contributed by atoms with Crippen LogP contribution in [0.15, 0.2) is 10.5 Å². The highest BCUT2D eigenvalue weighted by molar-refractivity contribution is 7.92. The molecule has 0 aliphatic rings. The molecule has 0 bridgehead atoms. The molecule has 0 spiro atoms. The average molecular weight is 325 g/mol. The zero-order chi connectivity index (χ0) is 16.7. The molecule has 0 atom stereocenters. The van der Waals surface area contributed by atoms with Crippen LogP contribution >= 0.6 is 0 Å². The van der Waals surface area contributed by atoms with Gasteiger partial charge in [0.15, 0.2) is 0 Å². The molecule has 1 aromatic heterocycles. The lowest BCUT2D eigenvalue weighted by Gasteiger charge is -2.11. The van der Waals surface area contributed by atoms with Gasteiger partial charge in [-0.15, -0.1) is 0 Å². The van der Waals surface area contributed by atoms with Crippen molar-refractivity contribution in [2.24, 2.45) is 0 Å². The molecule has 2 rings (SSSR count). The van der Waals surface area contributed by atoms with Crippen LogP contribution < -0.4 is 4.72 Å². The summed E-state index contributed by atoms with van der Waals surface area (Å²) in [5, 5.41) is 0.546. The van der Waals surface area contributed by atoms with E-state index in [1.165, 1.54) is 0 Å². The number of esters is 1. The first-order chi connectivity index (χ1) is 10.2. The molecule has 0 saturated carbocycles. The third-order valence-corrected chi connectivity index (χ3v) is 4.08. The van der Waals surface area contributed by atoms with Gasteiger partial charge in [-0.3, -0.25) is 4.72 Å². The number of carbonyl (C=O) groups is 1. The fraction of sp³-hybridized carbons (Fsp3) is 0.400. The van der Waals surface area contributed by atoms with Crippen molar-refractivity contribution >= 4 is 32.6 Å². The van der Waals surface area contributed by atoms with E-state index in [9.17, 15) is 13.2 Å². The number of sulfonamides is 1. The van der Waals surface area contributed by atoms with Crippen molar-refractivity contribution in [2.45, 2.75) is 27.7 Å². The lowest BCUT2D eigenvalue weighted by molar-refractivity contribution is 0.0526. The topological polar surface area (TPSA) is 85.6 Å². The normalized spacial score (nSPS) is 11.7. The number of ether oxygens (including phenoxy) is 1. The smallest absolute Gasteiger partial charge is 0.342 e. The van der Waals surface area contributed by atoms with Crippen molar-refractivity contribution in [2.75, 3.05) is 17.6 Å². The fourth-order valence-corrected chi connectivity index (χ4v) is 2.98. The maximum absolute atomic E-state index is 12.1. The number of hydrogen-bond acceptors (Lipinski definition) is 5. The van der Waals surface area contributed by atoms with Crippen LogP contribution in [0.5, 0.6) is 0 Å². The van der Waals surface area contributed by atoms with Crippen molar-refractivity contribution in [1.82, 2.24) is 0 Å². The summed E-state index contributed by atoms with van der Waals surface area (Å²) in [6.45, 7) is 7.28. The van der Waals surface area contributed by atoms with Gasteiger partial charge >= 0.3 is 5.97 Å². The molecule has 0 saturated heterocycles. The first kappa shape index (κ1) is 16.4. The van der Waals surface area contributed by atoms with Crippen LogP contribution in [0.3, 0.4) is 0 Å². The number of hydrogen-bond donors (Lipinski definition) is 1. The zero-order valence-electron chi connectivity index (χ0n) is 13.2. The van der Waals surface area contributed by atoms with Gasteiger partial charge in [0.2, 0.25) is 10.0 Å². The van der Waals surface area contributed by atoms with Gasteiger partial charge in [0.25, 0.3) is 0 Å². The summed E-state index contributed by atoms with van der Waals surface area (Å²) in [6.07, 6.45) is 1.08. The molecule has 1 N–H and O–H groups in total. The number of furan rings is 1. The zero-order valence-corrected chi connectivity index (χ0v) is 14.1. The van der Waals surface area contributed by atoms with Crippen LogP contribution in [0.4, 0.5) is 5.69 Å². The largest absolute Gasteiger partial charge is 0.462 e. The molecule has 0 aliphatic carbocycles. The third-order valence-electron chi connectivity index (χ3n) is 3.49. The Labute approximate surface area is 129 Å². The Morgan fingerprint density at radius 2 is 1.91 bits per heavy atom. The minimum atomic E-state index is -3.42. The van der Waals surface area contributed by atoms with E-state index in [1.54, 1.807) is 26.8 Å². The Hall–Kier alpha value is -2.02. The fourth-order valence-electron chi connectivity index (χ4n) is 2.37. The van der Waals surface area contributed by atoms with E-state index in [1.807, 2.05) is 6.92 Å². The van der Waals surface area contributed by atoms with Crippen LogP contribution in [-0.2, 0) is 14.8 Å². The summed E-state index contributed by atoms with van der Waals surface area (Å²) in [7, 11) is -3.42. The second-order valence-electron chi connectivity index (χ2n) is 5.18. The molecular weight excluding hydrogens is 306 g/mol. The van der Waals surface area contributed by atoms with Crippen LogP contribution in [0.25, 0.3) is 11.0 Å². The molecule has 120 valence electrons. The number of carbonyl (C=O) groups excluding carboxylic acids is 1. The van der Waals surface area contributed by atoms with Crippen LogP contribution in [0, 0.1) is 20.8 Å². The SMILES string of the molecule is CCOC(=O)c1c(C)oc2c(C)c(C)c(NS(C)(=O)=O)cc12. The highest BCUT2D eigenvalue weighted by Gasteiger charge is 2.23.